The molecular formula is C15H24O3. The first-order chi connectivity index (χ1) is 8.56. The molecule has 1 aromatic carbocycles. The van der Waals surface area contributed by atoms with Crippen LogP contribution >= 0.6 is 0 Å². The highest BCUT2D eigenvalue weighted by molar-refractivity contribution is 5.89. The quantitative estimate of drug-likeness (QED) is 0.771. The van der Waals surface area contributed by atoms with Crippen LogP contribution in [0.25, 0.3) is 0 Å². The molecule has 0 fully saturated rings. The zero-order valence-electron chi connectivity index (χ0n) is 11.6. The molecule has 3 heteroatoms. The minimum atomic E-state index is -0.952. The molecule has 2 N–H and O–H groups in total. The summed E-state index contributed by atoms with van der Waals surface area (Å²) in [5, 5.41) is 17.8. The lowest BCUT2D eigenvalue weighted by molar-refractivity contribution is 0.0695. The maximum atomic E-state index is 10.6. The van der Waals surface area contributed by atoms with Crippen LogP contribution in [-0.2, 0) is 6.42 Å². The Morgan fingerprint density at radius 3 is 2.06 bits per heavy atom. The molecule has 0 aliphatic heterocycles. The Kier molecular flexibility index (Phi) is 8.71. The van der Waals surface area contributed by atoms with Crippen LogP contribution in [0.1, 0.15) is 62.4 Å². The van der Waals surface area contributed by atoms with Gasteiger partial charge in [-0.3, -0.25) is 0 Å². The van der Waals surface area contributed by atoms with Gasteiger partial charge in [-0.05, 0) is 30.2 Å². The molecule has 0 atom stereocenters. The average molecular weight is 252 g/mol. The van der Waals surface area contributed by atoms with E-state index in [1.54, 1.807) is 0 Å². The summed E-state index contributed by atoms with van der Waals surface area (Å²) in [7, 11) is 0. The Morgan fingerprint density at radius 2 is 1.67 bits per heavy atom. The molecular weight excluding hydrogens is 228 g/mol. The molecule has 0 saturated carbocycles. The molecule has 102 valence electrons. The molecule has 0 heterocycles. The van der Waals surface area contributed by atoms with Crippen LogP contribution in [-0.4, -0.2) is 16.2 Å². The topological polar surface area (TPSA) is 57.5 Å². The fraction of sp³-hybridized carbons (Fsp3) is 0.533. The van der Waals surface area contributed by atoms with E-state index < -0.39 is 5.97 Å². The molecule has 0 unspecified atom stereocenters. The van der Waals surface area contributed by atoms with Crippen molar-refractivity contribution in [3.8, 4) is 5.75 Å². The Labute approximate surface area is 109 Å². The number of carboxylic acid groups (broad SMARTS) is 1. The molecule has 1 aromatic rings. The first-order valence-corrected chi connectivity index (χ1v) is 6.61. The fourth-order valence-electron chi connectivity index (χ4n) is 1.58. The second-order valence-corrected chi connectivity index (χ2v) is 4.21. The van der Waals surface area contributed by atoms with Gasteiger partial charge in [0.05, 0.1) is 5.56 Å². The van der Waals surface area contributed by atoms with Crippen molar-refractivity contribution in [1.29, 1.82) is 0 Å². The number of aryl methyl sites for hydroxylation is 1. The Hall–Kier alpha value is -1.51. The number of phenolic OH excluding ortho intramolecular Hbond substituents is 1. The first kappa shape index (κ1) is 16.5. The second-order valence-electron chi connectivity index (χ2n) is 4.21. The van der Waals surface area contributed by atoms with E-state index in [0.717, 1.165) is 0 Å². The fourth-order valence-corrected chi connectivity index (χ4v) is 1.58. The number of hydrogen-bond acceptors (Lipinski definition) is 2. The van der Waals surface area contributed by atoms with Crippen molar-refractivity contribution in [3.05, 3.63) is 29.3 Å². The van der Waals surface area contributed by atoms with Gasteiger partial charge in [-0.15, -0.1) is 0 Å². The van der Waals surface area contributed by atoms with Crippen LogP contribution in [0.5, 0.6) is 5.75 Å². The number of aromatic hydroxyl groups is 1. The van der Waals surface area contributed by atoms with E-state index in [9.17, 15) is 4.79 Å². The molecule has 0 amide bonds. The lowest BCUT2D eigenvalue weighted by atomic mass is 10.1. The predicted molar refractivity (Wildman–Crippen MR) is 74.3 cm³/mol. The van der Waals surface area contributed by atoms with Gasteiger partial charge in [0.25, 0.3) is 0 Å². The van der Waals surface area contributed by atoms with Crippen molar-refractivity contribution >= 4 is 5.97 Å². The molecule has 0 aromatic heterocycles. The van der Waals surface area contributed by atoms with Crippen molar-refractivity contribution in [2.45, 2.75) is 52.9 Å². The number of hydrogen-bond donors (Lipinski definition) is 2. The van der Waals surface area contributed by atoms with Crippen LogP contribution in [0.15, 0.2) is 18.2 Å². The van der Waals surface area contributed by atoms with Crippen molar-refractivity contribution in [1.82, 2.24) is 0 Å². The van der Waals surface area contributed by atoms with Gasteiger partial charge in [0, 0.05) is 0 Å². The lowest BCUT2D eigenvalue weighted by Gasteiger charge is -2.02. The summed E-state index contributed by atoms with van der Waals surface area (Å²) < 4.78 is 0. The maximum absolute atomic E-state index is 10.6. The van der Waals surface area contributed by atoms with Gasteiger partial charge >= 0.3 is 5.97 Å². The average Bonchev–Trinajstić information content (AvgIpc) is 2.36. The summed E-state index contributed by atoms with van der Waals surface area (Å²) in [4.78, 5) is 10.6. The van der Waals surface area contributed by atoms with Crippen LogP contribution in [0.4, 0.5) is 0 Å². The number of carboxylic acids is 1. The molecule has 1 rings (SSSR count). The maximum Gasteiger partial charge on any atom is 0.335 e. The third-order valence-corrected chi connectivity index (χ3v) is 2.66. The van der Waals surface area contributed by atoms with Gasteiger partial charge in [-0.1, -0.05) is 46.5 Å². The van der Waals surface area contributed by atoms with Gasteiger partial charge in [-0.25, -0.2) is 4.79 Å². The van der Waals surface area contributed by atoms with Crippen molar-refractivity contribution in [3.63, 3.8) is 0 Å². The molecule has 0 radical (unpaired) electrons. The number of aromatic carboxylic acids is 1. The summed E-state index contributed by atoms with van der Waals surface area (Å²) in [5.74, 6) is -0.844. The van der Waals surface area contributed by atoms with E-state index in [0.29, 0.717) is 12.0 Å². The van der Waals surface area contributed by atoms with Gasteiger partial charge in [0.1, 0.15) is 5.75 Å². The number of rotatable bonds is 5. The largest absolute Gasteiger partial charge is 0.508 e. The van der Waals surface area contributed by atoms with E-state index in [1.165, 1.54) is 43.9 Å². The Morgan fingerprint density at radius 1 is 1.11 bits per heavy atom. The molecule has 0 saturated heterocycles. The first-order valence-electron chi connectivity index (χ1n) is 6.61. The molecule has 0 aliphatic carbocycles. The Balaban J connectivity index is 0.000000411. The molecule has 18 heavy (non-hydrogen) atoms. The van der Waals surface area contributed by atoms with E-state index in [4.69, 9.17) is 10.2 Å². The van der Waals surface area contributed by atoms with E-state index in [1.807, 2.05) is 6.92 Å². The third kappa shape index (κ3) is 6.28. The SMILES string of the molecule is CCCCCC.CCc1cc(O)ccc1C(=O)O. The number of phenols is 1. The van der Waals surface area contributed by atoms with Crippen molar-refractivity contribution < 1.29 is 15.0 Å². The standard InChI is InChI=1S/C9H10O3.C6H14/c1-2-6-5-7(10)3-4-8(6)9(11)12;1-3-5-6-4-2/h3-5,10H,2H2,1H3,(H,11,12);3-6H2,1-2H3. The minimum Gasteiger partial charge on any atom is -0.508 e. The van der Waals surface area contributed by atoms with Crippen LogP contribution in [0.3, 0.4) is 0 Å². The summed E-state index contributed by atoms with van der Waals surface area (Å²) in [5.41, 5.74) is 0.915. The van der Waals surface area contributed by atoms with Gasteiger partial charge in [0.15, 0.2) is 0 Å². The van der Waals surface area contributed by atoms with Gasteiger partial charge < -0.3 is 10.2 Å². The summed E-state index contributed by atoms with van der Waals surface area (Å²) in [6, 6.07) is 4.27. The van der Waals surface area contributed by atoms with Crippen LogP contribution in [0.2, 0.25) is 0 Å². The van der Waals surface area contributed by atoms with Crippen molar-refractivity contribution in [2.75, 3.05) is 0 Å². The summed E-state index contributed by atoms with van der Waals surface area (Å²) >= 11 is 0. The van der Waals surface area contributed by atoms with Crippen LogP contribution < -0.4 is 0 Å². The van der Waals surface area contributed by atoms with E-state index >= 15 is 0 Å². The van der Waals surface area contributed by atoms with Crippen LogP contribution in [0, 0.1) is 0 Å². The highest BCUT2D eigenvalue weighted by Gasteiger charge is 2.08. The summed E-state index contributed by atoms with van der Waals surface area (Å²) in [6.07, 6.45) is 6.14. The van der Waals surface area contributed by atoms with Crippen molar-refractivity contribution in [2.24, 2.45) is 0 Å². The number of unbranched alkanes of at least 4 members (excludes halogenated alkanes) is 3. The molecule has 3 nitrogen and oxygen atoms in total. The normalized spacial score (nSPS) is 9.50. The molecule has 0 bridgehead atoms. The molecule has 0 spiro atoms. The lowest BCUT2D eigenvalue weighted by Crippen LogP contribution is -2.00. The zero-order chi connectivity index (χ0) is 14.0. The highest BCUT2D eigenvalue weighted by Crippen LogP contribution is 2.16. The minimum absolute atomic E-state index is 0.108. The van der Waals surface area contributed by atoms with Gasteiger partial charge in [-0.2, -0.15) is 0 Å². The zero-order valence-corrected chi connectivity index (χ0v) is 11.6. The number of benzene rings is 1. The van der Waals surface area contributed by atoms with Gasteiger partial charge in [0.2, 0.25) is 0 Å². The Bertz CT molecular complexity index is 355. The third-order valence-electron chi connectivity index (χ3n) is 2.66. The van der Waals surface area contributed by atoms with E-state index in [2.05, 4.69) is 13.8 Å². The monoisotopic (exact) mass is 252 g/mol. The molecule has 0 aliphatic rings. The summed E-state index contributed by atoms with van der Waals surface area (Å²) in [6.45, 7) is 6.31. The highest BCUT2D eigenvalue weighted by atomic mass is 16.4. The van der Waals surface area contributed by atoms with E-state index in [-0.39, 0.29) is 11.3 Å². The number of carbonyl (C=O) groups is 1. The predicted octanol–water partition coefficient (Wildman–Crippen LogP) is 4.24. The second kappa shape index (κ2) is 9.51. The smallest absolute Gasteiger partial charge is 0.335 e.